The number of nitrogens with zero attached hydrogens (tertiary/aromatic N) is 3. The van der Waals surface area contributed by atoms with Crippen LogP contribution >= 0.6 is 0 Å². The molecule has 2 aromatic rings. The van der Waals surface area contributed by atoms with Gasteiger partial charge in [0.15, 0.2) is 5.82 Å². The van der Waals surface area contributed by atoms with Crippen LogP contribution in [0.25, 0.3) is 0 Å². The molecule has 0 aliphatic heterocycles. The lowest BCUT2D eigenvalue weighted by Gasteiger charge is -2.01. The molecule has 0 amide bonds. The fourth-order valence-electron chi connectivity index (χ4n) is 1.55. The molecule has 0 spiro atoms. The van der Waals surface area contributed by atoms with E-state index in [1.54, 1.807) is 6.92 Å². The average molecular weight is 300 g/mol. The minimum atomic E-state index is -3.84. The van der Waals surface area contributed by atoms with E-state index in [0.29, 0.717) is 5.89 Å². The van der Waals surface area contributed by atoms with Gasteiger partial charge in [-0.3, -0.25) is 0 Å². The number of hydrogen-bond acceptors (Lipinski definition) is 6. The van der Waals surface area contributed by atoms with Gasteiger partial charge in [-0.05, 0) is 6.07 Å². The summed E-state index contributed by atoms with van der Waals surface area (Å²) in [7, 11) is -2.39. The highest BCUT2D eigenvalue weighted by molar-refractivity contribution is 7.89. The summed E-state index contributed by atoms with van der Waals surface area (Å²) in [5.41, 5.74) is -0.124. The number of aryl methyl sites for hydroxylation is 2. The van der Waals surface area contributed by atoms with Gasteiger partial charge in [-0.2, -0.15) is 4.98 Å². The molecule has 0 unspecified atom stereocenters. The van der Waals surface area contributed by atoms with Crippen molar-refractivity contribution < 1.29 is 22.8 Å². The molecule has 0 radical (unpaired) electrons. The zero-order chi connectivity index (χ0) is 14.9. The monoisotopic (exact) mass is 300 g/mol. The van der Waals surface area contributed by atoms with E-state index in [4.69, 9.17) is 9.63 Å². The third-order valence-corrected chi connectivity index (χ3v) is 3.87. The van der Waals surface area contributed by atoms with Gasteiger partial charge >= 0.3 is 5.97 Å². The molecule has 0 aromatic carbocycles. The SMILES string of the molecule is Cc1nc(CNS(=O)(=O)c2cc(C(=O)O)n(C)c2)no1. The fraction of sp³-hybridized carbons (Fsp3) is 0.300. The molecule has 2 rings (SSSR count). The van der Waals surface area contributed by atoms with Crippen LogP contribution in [0.5, 0.6) is 0 Å². The highest BCUT2D eigenvalue weighted by atomic mass is 32.2. The zero-order valence-electron chi connectivity index (χ0n) is 10.7. The minimum Gasteiger partial charge on any atom is -0.477 e. The van der Waals surface area contributed by atoms with Crippen LogP contribution < -0.4 is 4.72 Å². The van der Waals surface area contributed by atoms with Gasteiger partial charge in [0, 0.05) is 20.2 Å². The van der Waals surface area contributed by atoms with Gasteiger partial charge in [-0.15, -0.1) is 0 Å². The average Bonchev–Trinajstić information content (AvgIpc) is 2.93. The van der Waals surface area contributed by atoms with Crippen LogP contribution in [0.1, 0.15) is 22.2 Å². The number of hydrogen-bond donors (Lipinski definition) is 2. The Labute approximate surface area is 114 Å². The molecule has 2 aromatic heterocycles. The molecule has 0 saturated heterocycles. The van der Waals surface area contributed by atoms with E-state index in [0.717, 1.165) is 6.07 Å². The largest absolute Gasteiger partial charge is 0.477 e. The summed E-state index contributed by atoms with van der Waals surface area (Å²) in [6.07, 6.45) is 1.22. The second kappa shape index (κ2) is 5.06. The van der Waals surface area contributed by atoms with Gasteiger partial charge in [0.25, 0.3) is 0 Å². The Bertz CT molecular complexity index is 746. The molecule has 108 valence electrons. The Balaban J connectivity index is 2.18. The maximum atomic E-state index is 12.0. The van der Waals surface area contributed by atoms with Crippen molar-refractivity contribution in [2.45, 2.75) is 18.4 Å². The quantitative estimate of drug-likeness (QED) is 0.788. The molecule has 0 aliphatic carbocycles. The van der Waals surface area contributed by atoms with Crippen LogP contribution in [-0.2, 0) is 23.6 Å². The molecule has 10 heteroatoms. The van der Waals surface area contributed by atoms with Crippen molar-refractivity contribution in [3.8, 4) is 0 Å². The predicted octanol–water partition coefficient (Wildman–Crippen LogP) is -0.107. The first-order valence-electron chi connectivity index (χ1n) is 5.48. The smallest absolute Gasteiger partial charge is 0.352 e. The lowest BCUT2D eigenvalue weighted by molar-refractivity contribution is 0.0686. The maximum Gasteiger partial charge on any atom is 0.352 e. The second-order valence-electron chi connectivity index (χ2n) is 4.03. The molecular formula is C10H12N4O5S. The molecule has 0 aliphatic rings. The van der Waals surface area contributed by atoms with E-state index in [1.165, 1.54) is 17.8 Å². The van der Waals surface area contributed by atoms with Crippen molar-refractivity contribution in [1.29, 1.82) is 0 Å². The van der Waals surface area contributed by atoms with E-state index >= 15 is 0 Å². The second-order valence-corrected chi connectivity index (χ2v) is 5.80. The topological polar surface area (TPSA) is 127 Å². The number of rotatable bonds is 5. The van der Waals surface area contributed by atoms with Gasteiger partial charge in [0.1, 0.15) is 10.6 Å². The third-order valence-electron chi connectivity index (χ3n) is 2.50. The summed E-state index contributed by atoms with van der Waals surface area (Å²) >= 11 is 0. The van der Waals surface area contributed by atoms with Crippen molar-refractivity contribution in [1.82, 2.24) is 19.4 Å². The molecule has 0 fully saturated rings. The highest BCUT2D eigenvalue weighted by Crippen LogP contribution is 2.13. The first-order chi connectivity index (χ1) is 9.29. The molecule has 9 nitrogen and oxygen atoms in total. The van der Waals surface area contributed by atoms with E-state index in [9.17, 15) is 13.2 Å². The van der Waals surface area contributed by atoms with Gasteiger partial charge < -0.3 is 14.2 Å². The lowest BCUT2D eigenvalue weighted by Crippen LogP contribution is -2.23. The Morgan fingerprint density at radius 3 is 2.75 bits per heavy atom. The zero-order valence-corrected chi connectivity index (χ0v) is 11.5. The summed E-state index contributed by atoms with van der Waals surface area (Å²) in [5.74, 6) is -0.685. The number of sulfonamides is 1. The summed E-state index contributed by atoms with van der Waals surface area (Å²) in [4.78, 5) is 14.6. The van der Waals surface area contributed by atoms with Gasteiger partial charge in [0.05, 0.1) is 6.54 Å². The predicted molar refractivity (Wildman–Crippen MR) is 65.4 cm³/mol. The first kappa shape index (κ1) is 14.2. The van der Waals surface area contributed by atoms with E-state index < -0.39 is 16.0 Å². The number of aromatic carboxylic acids is 1. The molecule has 20 heavy (non-hydrogen) atoms. The molecule has 2 heterocycles. The number of nitrogens with one attached hydrogen (secondary N) is 1. The maximum absolute atomic E-state index is 12.0. The summed E-state index contributed by atoms with van der Waals surface area (Å²) < 4.78 is 32.2. The van der Waals surface area contributed by atoms with Crippen molar-refractivity contribution in [2.75, 3.05) is 0 Å². The van der Waals surface area contributed by atoms with Crippen molar-refractivity contribution in [3.63, 3.8) is 0 Å². The number of aromatic nitrogens is 3. The van der Waals surface area contributed by atoms with Crippen LogP contribution in [0, 0.1) is 6.92 Å². The number of carboxylic acids is 1. The van der Waals surface area contributed by atoms with E-state index in [2.05, 4.69) is 14.9 Å². The van der Waals surface area contributed by atoms with Crippen LogP contribution in [0.15, 0.2) is 21.7 Å². The number of carboxylic acid groups (broad SMARTS) is 1. The Hall–Kier alpha value is -2.20. The normalized spacial score (nSPS) is 11.7. The van der Waals surface area contributed by atoms with Gasteiger partial charge in [-0.1, -0.05) is 5.16 Å². The Kier molecular flexibility index (Phi) is 3.59. The third kappa shape index (κ3) is 2.86. The van der Waals surface area contributed by atoms with Gasteiger partial charge in [0.2, 0.25) is 15.9 Å². The number of carbonyl (C=O) groups is 1. The molecule has 0 atom stereocenters. The molecule has 0 saturated carbocycles. The van der Waals surface area contributed by atoms with Crippen LogP contribution in [0.2, 0.25) is 0 Å². The Morgan fingerprint density at radius 1 is 1.55 bits per heavy atom. The summed E-state index contributed by atoms with van der Waals surface area (Å²) in [5, 5.41) is 12.4. The summed E-state index contributed by atoms with van der Waals surface area (Å²) in [6.45, 7) is 1.44. The minimum absolute atomic E-state index is 0.124. The van der Waals surface area contributed by atoms with Crippen LogP contribution in [0.4, 0.5) is 0 Å². The first-order valence-corrected chi connectivity index (χ1v) is 6.96. The molecule has 2 N–H and O–H groups in total. The van der Waals surface area contributed by atoms with Gasteiger partial charge in [-0.25, -0.2) is 17.9 Å². The molecular weight excluding hydrogens is 288 g/mol. The lowest BCUT2D eigenvalue weighted by atomic mass is 10.4. The standard InChI is InChI=1S/C10H12N4O5S/c1-6-12-9(13-19-6)4-11-20(17,18)7-3-8(10(15)16)14(2)5-7/h3,5,11H,4H2,1-2H3,(H,15,16). The van der Waals surface area contributed by atoms with Crippen molar-refractivity contribution in [3.05, 3.63) is 29.7 Å². The summed E-state index contributed by atoms with van der Waals surface area (Å²) in [6, 6.07) is 1.08. The Morgan fingerprint density at radius 2 is 2.25 bits per heavy atom. The van der Waals surface area contributed by atoms with E-state index in [1.807, 2.05) is 0 Å². The van der Waals surface area contributed by atoms with Crippen LogP contribution in [0.3, 0.4) is 0 Å². The molecule has 0 bridgehead atoms. The highest BCUT2D eigenvalue weighted by Gasteiger charge is 2.20. The van der Waals surface area contributed by atoms with Crippen molar-refractivity contribution in [2.24, 2.45) is 7.05 Å². The fourth-order valence-corrected chi connectivity index (χ4v) is 2.60. The van der Waals surface area contributed by atoms with Crippen molar-refractivity contribution >= 4 is 16.0 Å². The van der Waals surface area contributed by atoms with E-state index in [-0.39, 0.29) is 23.0 Å². The van der Waals surface area contributed by atoms with Crippen LogP contribution in [-0.4, -0.2) is 34.2 Å².